The average Bonchev–Trinajstić information content (AvgIpc) is 2.29. The Bertz CT molecular complexity index is 442. The van der Waals surface area contributed by atoms with E-state index < -0.39 is 0 Å². The predicted octanol–water partition coefficient (Wildman–Crippen LogP) is 3.28. The smallest absolute Gasteiger partial charge is 0.126 e. The molecule has 78 valence electrons. The molecule has 2 nitrogen and oxygen atoms in total. The molecule has 3 heteroatoms. The monoisotopic (exact) mass is 220 g/mol. The molecule has 0 atom stereocenters. The molecule has 2 rings (SSSR count). The third-order valence-electron chi connectivity index (χ3n) is 2.21. The third-order valence-corrected chi connectivity index (χ3v) is 2.48. The van der Waals surface area contributed by atoms with Crippen LogP contribution in [0.3, 0.4) is 0 Å². The van der Waals surface area contributed by atoms with Crippen molar-refractivity contribution in [2.75, 3.05) is 17.7 Å². The van der Waals surface area contributed by atoms with Crippen LogP contribution in [-0.2, 0) is 0 Å². The second-order valence-corrected chi connectivity index (χ2v) is 3.74. The van der Waals surface area contributed by atoms with E-state index in [9.17, 15) is 0 Å². The molecule has 1 N–H and O–H groups in total. The van der Waals surface area contributed by atoms with Gasteiger partial charge in [-0.15, -0.1) is 11.6 Å². The van der Waals surface area contributed by atoms with Gasteiger partial charge in [0.15, 0.2) is 0 Å². The van der Waals surface area contributed by atoms with Crippen LogP contribution in [0.15, 0.2) is 36.4 Å². The number of aromatic nitrogens is 1. The summed E-state index contributed by atoms with van der Waals surface area (Å²) in [6, 6.07) is 12.2. The maximum atomic E-state index is 5.60. The van der Waals surface area contributed by atoms with Gasteiger partial charge in [0.2, 0.25) is 0 Å². The van der Waals surface area contributed by atoms with E-state index in [2.05, 4.69) is 22.4 Å². The minimum Gasteiger partial charge on any atom is -0.370 e. The van der Waals surface area contributed by atoms with Gasteiger partial charge in [0, 0.05) is 17.8 Å². The quantitative estimate of drug-likeness (QED) is 0.632. The van der Waals surface area contributed by atoms with Crippen molar-refractivity contribution in [3.05, 3.63) is 36.4 Å². The zero-order valence-electron chi connectivity index (χ0n) is 8.41. The summed E-state index contributed by atoms with van der Waals surface area (Å²) in [5.74, 6) is 1.60. The van der Waals surface area contributed by atoms with Crippen LogP contribution in [0, 0.1) is 0 Å². The Morgan fingerprint density at radius 1 is 1.13 bits per heavy atom. The fraction of sp³-hybridized carbons (Fsp3) is 0.250. The molecule has 1 heterocycles. The number of hydrogen-bond donors (Lipinski definition) is 1. The first-order valence-corrected chi connectivity index (χ1v) is 5.59. The molecule has 1 aromatic heterocycles. The standard InChI is InChI=1S/C12H13ClN2/c13-8-3-9-14-12-7-6-10-4-1-2-5-11(10)15-12/h1-2,4-7H,3,8-9H2,(H,14,15). The van der Waals surface area contributed by atoms with Crippen LogP contribution in [0.4, 0.5) is 5.82 Å². The second kappa shape index (κ2) is 4.99. The first-order chi connectivity index (χ1) is 7.40. The number of hydrogen-bond acceptors (Lipinski definition) is 2. The Kier molecular flexibility index (Phi) is 3.41. The van der Waals surface area contributed by atoms with Crippen molar-refractivity contribution in [2.45, 2.75) is 6.42 Å². The van der Waals surface area contributed by atoms with Crippen LogP contribution >= 0.6 is 11.6 Å². The first-order valence-electron chi connectivity index (χ1n) is 5.06. The van der Waals surface area contributed by atoms with E-state index in [1.807, 2.05) is 24.3 Å². The molecule has 0 spiro atoms. The van der Waals surface area contributed by atoms with Crippen molar-refractivity contribution >= 4 is 28.3 Å². The lowest BCUT2D eigenvalue weighted by Crippen LogP contribution is -2.03. The number of rotatable bonds is 4. The summed E-state index contributed by atoms with van der Waals surface area (Å²) >= 11 is 5.60. The van der Waals surface area contributed by atoms with E-state index in [1.54, 1.807) is 0 Å². The number of fused-ring (bicyclic) bond motifs is 1. The van der Waals surface area contributed by atoms with E-state index in [4.69, 9.17) is 11.6 Å². The number of nitrogens with zero attached hydrogens (tertiary/aromatic N) is 1. The van der Waals surface area contributed by atoms with E-state index in [1.165, 1.54) is 5.39 Å². The SMILES string of the molecule is ClCCCNc1ccc2ccccc2n1. The molecule has 0 aliphatic rings. The molecule has 1 aromatic carbocycles. The van der Waals surface area contributed by atoms with Gasteiger partial charge in [0.1, 0.15) is 5.82 Å². The third kappa shape index (κ3) is 2.60. The molecule has 0 radical (unpaired) electrons. The zero-order valence-corrected chi connectivity index (χ0v) is 9.17. The van der Waals surface area contributed by atoms with Crippen molar-refractivity contribution < 1.29 is 0 Å². The highest BCUT2D eigenvalue weighted by atomic mass is 35.5. The highest BCUT2D eigenvalue weighted by Crippen LogP contribution is 2.14. The number of anilines is 1. The minimum atomic E-state index is 0.681. The fourth-order valence-corrected chi connectivity index (χ4v) is 1.58. The molecule has 0 bridgehead atoms. The van der Waals surface area contributed by atoms with E-state index >= 15 is 0 Å². The minimum absolute atomic E-state index is 0.681. The number of para-hydroxylation sites is 1. The lowest BCUT2D eigenvalue weighted by atomic mass is 10.2. The molecule has 0 fully saturated rings. The maximum Gasteiger partial charge on any atom is 0.126 e. The molecular weight excluding hydrogens is 208 g/mol. The maximum absolute atomic E-state index is 5.60. The van der Waals surface area contributed by atoms with Crippen molar-refractivity contribution in [3.63, 3.8) is 0 Å². The number of alkyl halides is 1. The van der Waals surface area contributed by atoms with Crippen LogP contribution in [0.5, 0.6) is 0 Å². The summed E-state index contributed by atoms with van der Waals surface area (Å²) in [5.41, 5.74) is 1.02. The van der Waals surface area contributed by atoms with E-state index in [0.29, 0.717) is 5.88 Å². The number of benzene rings is 1. The lowest BCUT2D eigenvalue weighted by Gasteiger charge is -2.05. The normalized spacial score (nSPS) is 10.5. The van der Waals surface area contributed by atoms with Crippen LogP contribution in [0.1, 0.15) is 6.42 Å². The van der Waals surface area contributed by atoms with Gasteiger partial charge in [0.05, 0.1) is 5.52 Å². The molecule has 0 aliphatic heterocycles. The lowest BCUT2D eigenvalue weighted by molar-refractivity contribution is 0.979. The number of nitrogens with one attached hydrogen (secondary N) is 1. The van der Waals surface area contributed by atoms with Crippen LogP contribution in [0.25, 0.3) is 10.9 Å². The molecule has 0 aliphatic carbocycles. The van der Waals surface area contributed by atoms with Gasteiger partial charge in [-0.05, 0) is 24.6 Å². The topological polar surface area (TPSA) is 24.9 Å². The van der Waals surface area contributed by atoms with Gasteiger partial charge < -0.3 is 5.32 Å². The van der Waals surface area contributed by atoms with E-state index in [0.717, 1.165) is 24.3 Å². The second-order valence-electron chi connectivity index (χ2n) is 3.36. The molecule has 0 unspecified atom stereocenters. The highest BCUT2D eigenvalue weighted by molar-refractivity contribution is 6.17. The molecule has 0 amide bonds. The van der Waals surface area contributed by atoms with Gasteiger partial charge in [-0.3, -0.25) is 0 Å². The molecule has 2 aromatic rings. The summed E-state index contributed by atoms with van der Waals surface area (Å²) in [4.78, 5) is 4.49. The Hall–Kier alpha value is -1.28. The number of halogens is 1. The number of pyridine rings is 1. The highest BCUT2D eigenvalue weighted by Gasteiger charge is 1.96. The summed E-state index contributed by atoms with van der Waals surface area (Å²) in [5, 5.41) is 4.41. The summed E-state index contributed by atoms with van der Waals surface area (Å²) < 4.78 is 0. The first kappa shape index (κ1) is 10.2. The summed E-state index contributed by atoms with van der Waals surface area (Å²) in [6.45, 7) is 0.870. The summed E-state index contributed by atoms with van der Waals surface area (Å²) in [7, 11) is 0. The Labute approximate surface area is 94.3 Å². The Balaban J connectivity index is 2.16. The van der Waals surface area contributed by atoms with Gasteiger partial charge in [-0.2, -0.15) is 0 Å². The Morgan fingerprint density at radius 3 is 2.87 bits per heavy atom. The van der Waals surface area contributed by atoms with Gasteiger partial charge in [-0.25, -0.2) is 4.98 Å². The largest absolute Gasteiger partial charge is 0.370 e. The van der Waals surface area contributed by atoms with Crippen molar-refractivity contribution in [3.8, 4) is 0 Å². The molecule has 15 heavy (non-hydrogen) atoms. The van der Waals surface area contributed by atoms with Gasteiger partial charge >= 0.3 is 0 Å². The summed E-state index contributed by atoms with van der Waals surface area (Å²) in [6.07, 6.45) is 0.954. The van der Waals surface area contributed by atoms with Gasteiger partial charge in [-0.1, -0.05) is 18.2 Å². The van der Waals surface area contributed by atoms with E-state index in [-0.39, 0.29) is 0 Å². The molecule has 0 saturated carbocycles. The fourth-order valence-electron chi connectivity index (χ4n) is 1.45. The van der Waals surface area contributed by atoms with Crippen LogP contribution in [0.2, 0.25) is 0 Å². The Morgan fingerprint density at radius 2 is 2.00 bits per heavy atom. The molecule has 0 saturated heterocycles. The predicted molar refractivity (Wildman–Crippen MR) is 65.6 cm³/mol. The zero-order chi connectivity index (χ0) is 10.5. The molecular formula is C12H13ClN2. The average molecular weight is 221 g/mol. The van der Waals surface area contributed by atoms with Crippen molar-refractivity contribution in [1.29, 1.82) is 0 Å². The van der Waals surface area contributed by atoms with Crippen LogP contribution in [-0.4, -0.2) is 17.4 Å². The van der Waals surface area contributed by atoms with Crippen molar-refractivity contribution in [2.24, 2.45) is 0 Å². The van der Waals surface area contributed by atoms with Crippen LogP contribution < -0.4 is 5.32 Å². The van der Waals surface area contributed by atoms with Crippen molar-refractivity contribution in [1.82, 2.24) is 4.98 Å². The van der Waals surface area contributed by atoms with Gasteiger partial charge in [0.25, 0.3) is 0 Å².